The molecule has 2 aromatic heterocycles. The molecule has 2 heterocycles. The molecule has 1 aromatic carbocycles. The molecule has 3 aromatic rings. The largest absolute Gasteiger partial charge is 0.494 e. The minimum absolute atomic E-state index is 0.00423. The Morgan fingerprint density at radius 2 is 1.96 bits per heavy atom. The summed E-state index contributed by atoms with van der Waals surface area (Å²) in [6.07, 6.45) is 0.00423. The van der Waals surface area contributed by atoms with Crippen LogP contribution < -0.4 is 15.6 Å². The third-order valence-corrected chi connectivity index (χ3v) is 4.55. The number of nitrogens with zero attached hydrogens (tertiary/aromatic N) is 1. The number of carbonyl (C=O) groups excluding carboxylic acids is 2. The van der Waals surface area contributed by atoms with Gasteiger partial charge >= 0.3 is 0 Å². The van der Waals surface area contributed by atoms with Crippen molar-refractivity contribution in [3.63, 3.8) is 0 Å². The van der Waals surface area contributed by atoms with Crippen molar-refractivity contribution in [3.05, 3.63) is 58.8 Å². The number of hydrazine groups is 1. The number of hydrogen-bond acceptors (Lipinski definition) is 6. The number of rotatable bonds is 6. The van der Waals surface area contributed by atoms with E-state index in [1.54, 1.807) is 31.2 Å². The number of ether oxygens (including phenoxy) is 1. The smallest absolute Gasteiger partial charge is 0.269 e. The average molecular weight is 385 g/mol. The number of aryl methyl sites for hydroxylation is 1. The van der Waals surface area contributed by atoms with Crippen LogP contribution in [-0.4, -0.2) is 23.4 Å². The highest BCUT2D eigenvalue weighted by Gasteiger charge is 2.16. The summed E-state index contributed by atoms with van der Waals surface area (Å²) < 4.78 is 10.9. The molecule has 7 nitrogen and oxygen atoms in total. The van der Waals surface area contributed by atoms with Gasteiger partial charge < -0.3 is 9.15 Å². The lowest BCUT2D eigenvalue weighted by Crippen LogP contribution is -2.42. The second-order valence-electron chi connectivity index (χ2n) is 5.64. The van der Waals surface area contributed by atoms with Crippen molar-refractivity contribution in [3.8, 4) is 16.5 Å². The van der Waals surface area contributed by atoms with Gasteiger partial charge in [0.25, 0.3) is 5.91 Å². The summed E-state index contributed by atoms with van der Waals surface area (Å²) in [5.41, 5.74) is 5.73. The van der Waals surface area contributed by atoms with E-state index in [2.05, 4.69) is 15.8 Å². The SMILES string of the molecule is CCOc1ccc(C(=O)NNC(=O)Cc2nc(-c3cccs3)oc2C)cc1. The molecule has 0 aliphatic carbocycles. The lowest BCUT2D eigenvalue weighted by atomic mass is 10.2. The Kier molecular flexibility index (Phi) is 5.87. The van der Waals surface area contributed by atoms with Gasteiger partial charge in [0.15, 0.2) is 0 Å². The van der Waals surface area contributed by atoms with Gasteiger partial charge in [-0.05, 0) is 49.6 Å². The van der Waals surface area contributed by atoms with Gasteiger partial charge in [-0.2, -0.15) is 0 Å². The van der Waals surface area contributed by atoms with Crippen LogP contribution in [0.4, 0.5) is 0 Å². The van der Waals surface area contributed by atoms with Crippen LogP contribution in [0.2, 0.25) is 0 Å². The van der Waals surface area contributed by atoms with Gasteiger partial charge in [-0.1, -0.05) is 6.07 Å². The molecule has 0 aliphatic heterocycles. The normalized spacial score (nSPS) is 10.4. The Hall–Kier alpha value is -3.13. The van der Waals surface area contributed by atoms with Crippen molar-refractivity contribution in [2.75, 3.05) is 6.61 Å². The first kappa shape index (κ1) is 18.7. The summed E-state index contributed by atoms with van der Waals surface area (Å²) in [5.74, 6) is 0.946. The summed E-state index contributed by atoms with van der Waals surface area (Å²) in [7, 11) is 0. The van der Waals surface area contributed by atoms with Crippen LogP contribution in [0.3, 0.4) is 0 Å². The Balaban J connectivity index is 1.54. The van der Waals surface area contributed by atoms with Gasteiger partial charge in [-0.15, -0.1) is 11.3 Å². The standard InChI is InChI=1S/C19H19N3O4S/c1-3-25-14-8-6-13(7-9-14)18(24)22-21-17(23)11-15-12(2)26-19(20-15)16-5-4-10-27-16/h4-10H,3,11H2,1-2H3,(H,21,23)(H,22,24). The first-order valence-corrected chi connectivity index (χ1v) is 9.27. The van der Waals surface area contributed by atoms with Crippen LogP contribution in [0.1, 0.15) is 28.7 Å². The van der Waals surface area contributed by atoms with E-state index in [0.717, 1.165) is 4.88 Å². The molecule has 3 rings (SSSR count). The molecule has 0 radical (unpaired) electrons. The number of oxazole rings is 1. The monoisotopic (exact) mass is 385 g/mol. The van der Waals surface area contributed by atoms with Gasteiger partial charge in [-0.3, -0.25) is 20.4 Å². The first-order valence-electron chi connectivity index (χ1n) is 8.39. The number of amides is 2. The number of hydrogen-bond donors (Lipinski definition) is 2. The molecule has 2 N–H and O–H groups in total. The minimum Gasteiger partial charge on any atom is -0.494 e. The van der Waals surface area contributed by atoms with Gasteiger partial charge in [0.05, 0.1) is 23.6 Å². The third kappa shape index (κ3) is 4.73. The molecular formula is C19H19N3O4S. The second-order valence-corrected chi connectivity index (χ2v) is 6.58. The topological polar surface area (TPSA) is 93.5 Å². The summed E-state index contributed by atoms with van der Waals surface area (Å²) in [4.78, 5) is 29.5. The molecule has 0 bridgehead atoms. The minimum atomic E-state index is -0.414. The van der Waals surface area contributed by atoms with Crippen molar-refractivity contribution in [2.24, 2.45) is 0 Å². The highest BCUT2D eigenvalue weighted by molar-refractivity contribution is 7.13. The van der Waals surface area contributed by atoms with Crippen molar-refractivity contribution in [2.45, 2.75) is 20.3 Å². The number of thiophene rings is 1. The van der Waals surface area contributed by atoms with Crippen LogP contribution in [0.15, 0.2) is 46.2 Å². The molecule has 0 aliphatic rings. The zero-order valence-corrected chi connectivity index (χ0v) is 15.8. The molecule has 0 atom stereocenters. The molecule has 0 fully saturated rings. The van der Waals surface area contributed by atoms with Crippen molar-refractivity contribution >= 4 is 23.2 Å². The van der Waals surface area contributed by atoms with Crippen LogP contribution >= 0.6 is 11.3 Å². The Bertz CT molecular complexity index is 917. The molecule has 0 unspecified atom stereocenters. The van der Waals surface area contributed by atoms with Crippen molar-refractivity contribution < 1.29 is 18.7 Å². The number of carbonyl (C=O) groups is 2. The van der Waals surface area contributed by atoms with E-state index in [-0.39, 0.29) is 12.3 Å². The zero-order chi connectivity index (χ0) is 19.2. The lowest BCUT2D eigenvalue weighted by Gasteiger charge is -2.08. The highest BCUT2D eigenvalue weighted by atomic mass is 32.1. The van der Waals surface area contributed by atoms with Gasteiger partial charge in [0, 0.05) is 5.56 Å². The first-order chi connectivity index (χ1) is 13.1. The Labute approximate surface area is 160 Å². The van der Waals surface area contributed by atoms with Crippen molar-refractivity contribution in [1.29, 1.82) is 0 Å². The number of benzene rings is 1. The van der Waals surface area contributed by atoms with Gasteiger partial charge in [-0.25, -0.2) is 4.98 Å². The Morgan fingerprint density at radius 1 is 1.19 bits per heavy atom. The van der Waals surface area contributed by atoms with Crippen LogP contribution in [0, 0.1) is 6.92 Å². The molecule has 0 saturated heterocycles. The predicted octanol–water partition coefficient (Wildman–Crippen LogP) is 3.11. The van der Waals surface area contributed by atoms with E-state index >= 15 is 0 Å². The second kappa shape index (κ2) is 8.50. The number of aromatic nitrogens is 1. The fourth-order valence-electron chi connectivity index (χ4n) is 2.36. The molecule has 27 heavy (non-hydrogen) atoms. The fraction of sp³-hybridized carbons (Fsp3) is 0.211. The van der Waals surface area contributed by atoms with Crippen LogP contribution in [0.25, 0.3) is 10.8 Å². The van der Waals surface area contributed by atoms with E-state index < -0.39 is 5.91 Å². The van der Waals surface area contributed by atoms with E-state index in [1.165, 1.54) is 11.3 Å². The highest BCUT2D eigenvalue weighted by Crippen LogP contribution is 2.26. The maximum absolute atomic E-state index is 12.1. The molecular weight excluding hydrogens is 366 g/mol. The summed E-state index contributed by atoms with van der Waals surface area (Å²) in [5, 5.41) is 1.93. The molecule has 2 amide bonds. The summed E-state index contributed by atoms with van der Waals surface area (Å²) in [6, 6.07) is 10.5. The average Bonchev–Trinajstić information content (AvgIpc) is 3.31. The maximum Gasteiger partial charge on any atom is 0.269 e. The fourth-order valence-corrected chi connectivity index (χ4v) is 3.01. The third-order valence-electron chi connectivity index (χ3n) is 3.70. The quantitative estimate of drug-likeness (QED) is 0.636. The molecule has 0 saturated carbocycles. The molecule has 8 heteroatoms. The summed E-state index contributed by atoms with van der Waals surface area (Å²) in [6.45, 7) is 4.19. The predicted molar refractivity (Wildman–Crippen MR) is 101 cm³/mol. The van der Waals surface area contributed by atoms with Gasteiger partial charge in [0.1, 0.15) is 11.5 Å². The molecule has 140 valence electrons. The Morgan fingerprint density at radius 3 is 2.63 bits per heavy atom. The molecule has 0 spiro atoms. The lowest BCUT2D eigenvalue weighted by molar-refractivity contribution is -0.121. The van der Waals surface area contributed by atoms with Gasteiger partial charge in [0.2, 0.25) is 11.8 Å². The van der Waals surface area contributed by atoms with Crippen LogP contribution in [0.5, 0.6) is 5.75 Å². The van der Waals surface area contributed by atoms with Crippen molar-refractivity contribution in [1.82, 2.24) is 15.8 Å². The van der Waals surface area contributed by atoms with E-state index in [4.69, 9.17) is 9.15 Å². The van der Waals surface area contributed by atoms with E-state index in [0.29, 0.717) is 35.3 Å². The van der Waals surface area contributed by atoms with E-state index in [1.807, 2.05) is 24.4 Å². The maximum atomic E-state index is 12.1. The van der Waals surface area contributed by atoms with Crippen LogP contribution in [-0.2, 0) is 11.2 Å². The zero-order valence-electron chi connectivity index (χ0n) is 14.9. The van der Waals surface area contributed by atoms with E-state index in [9.17, 15) is 9.59 Å². The number of nitrogens with one attached hydrogen (secondary N) is 2. The summed E-state index contributed by atoms with van der Waals surface area (Å²) >= 11 is 1.51.